The Morgan fingerprint density at radius 2 is 2.13 bits per heavy atom. The van der Waals surface area contributed by atoms with Crippen LogP contribution in [0.5, 0.6) is 0 Å². The number of anilines is 1. The summed E-state index contributed by atoms with van der Waals surface area (Å²) in [5, 5.41) is 6.20. The average Bonchev–Trinajstić information content (AvgIpc) is 3.12. The molecule has 23 heavy (non-hydrogen) atoms. The molecular formula is C18H21N3O2. The second kappa shape index (κ2) is 7.74. The second-order valence-corrected chi connectivity index (χ2v) is 5.61. The Balaban J connectivity index is 1.54. The second-order valence-electron chi connectivity index (χ2n) is 5.61. The van der Waals surface area contributed by atoms with Gasteiger partial charge in [-0.05, 0) is 30.5 Å². The molecule has 0 aliphatic carbocycles. The van der Waals surface area contributed by atoms with Gasteiger partial charge in [0.25, 0.3) is 5.91 Å². The van der Waals surface area contributed by atoms with Crippen molar-refractivity contribution in [1.82, 2.24) is 10.3 Å². The lowest BCUT2D eigenvalue weighted by molar-refractivity contribution is 0.0854. The van der Waals surface area contributed by atoms with E-state index in [2.05, 4.69) is 27.8 Å². The maximum Gasteiger partial charge on any atom is 0.270 e. The Morgan fingerprint density at radius 3 is 2.91 bits per heavy atom. The van der Waals surface area contributed by atoms with Crippen molar-refractivity contribution in [2.24, 2.45) is 0 Å². The fourth-order valence-electron chi connectivity index (χ4n) is 2.57. The molecule has 1 aromatic carbocycles. The van der Waals surface area contributed by atoms with Crippen molar-refractivity contribution < 1.29 is 9.53 Å². The first-order valence-electron chi connectivity index (χ1n) is 7.95. The summed E-state index contributed by atoms with van der Waals surface area (Å²) in [4.78, 5) is 16.3. The summed E-state index contributed by atoms with van der Waals surface area (Å²) in [6, 6.07) is 13.8. The minimum absolute atomic E-state index is 0.137. The summed E-state index contributed by atoms with van der Waals surface area (Å²) in [6.45, 7) is 2.04. The first kappa shape index (κ1) is 15.5. The number of aromatic nitrogens is 1. The quantitative estimate of drug-likeness (QED) is 0.861. The topological polar surface area (TPSA) is 63.2 Å². The van der Waals surface area contributed by atoms with E-state index in [1.807, 2.05) is 24.3 Å². The molecule has 0 radical (unpaired) electrons. The largest absolute Gasteiger partial charge is 0.381 e. The molecule has 1 aliphatic heterocycles. The SMILES string of the molecule is O=C(NCC1CCCO1)c1cc(NCc2ccccc2)ccn1. The predicted octanol–water partition coefficient (Wildman–Crippen LogP) is 2.60. The van der Waals surface area contributed by atoms with Gasteiger partial charge in [0.1, 0.15) is 5.69 Å². The molecule has 120 valence electrons. The summed E-state index contributed by atoms with van der Waals surface area (Å²) >= 11 is 0. The van der Waals surface area contributed by atoms with Crippen LogP contribution >= 0.6 is 0 Å². The van der Waals surface area contributed by atoms with Crippen LogP contribution in [-0.4, -0.2) is 30.1 Å². The fourth-order valence-corrected chi connectivity index (χ4v) is 2.57. The third-order valence-corrected chi connectivity index (χ3v) is 3.85. The lowest BCUT2D eigenvalue weighted by atomic mass is 10.2. The van der Waals surface area contributed by atoms with Gasteiger partial charge in [0.2, 0.25) is 0 Å². The maximum absolute atomic E-state index is 12.2. The van der Waals surface area contributed by atoms with E-state index in [1.165, 1.54) is 5.56 Å². The zero-order valence-corrected chi connectivity index (χ0v) is 13.0. The number of hydrogen-bond acceptors (Lipinski definition) is 4. The summed E-state index contributed by atoms with van der Waals surface area (Å²) in [5.74, 6) is -0.163. The number of ether oxygens (including phenoxy) is 1. The number of nitrogens with one attached hydrogen (secondary N) is 2. The zero-order valence-electron chi connectivity index (χ0n) is 13.0. The molecule has 2 heterocycles. The molecule has 0 bridgehead atoms. The summed E-state index contributed by atoms with van der Waals surface area (Å²) in [5.41, 5.74) is 2.49. The van der Waals surface area contributed by atoms with Gasteiger partial charge in [0.05, 0.1) is 6.10 Å². The minimum atomic E-state index is -0.163. The maximum atomic E-state index is 12.2. The Labute approximate surface area is 136 Å². The van der Waals surface area contributed by atoms with E-state index in [4.69, 9.17) is 4.74 Å². The summed E-state index contributed by atoms with van der Waals surface area (Å²) in [6.07, 6.45) is 3.86. The van der Waals surface area contributed by atoms with Gasteiger partial charge in [0.15, 0.2) is 0 Å². The van der Waals surface area contributed by atoms with E-state index in [0.717, 1.165) is 25.1 Å². The van der Waals surface area contributed by atoms with Crippen molar-refractivity contribution in [3.63, 3.8) is 0 Å². The normalized spacial score (nSPS) is 17.0. The van der Waals surface area contributed by atoms with Crippen molar-refractivity contribution in [3.8, 4) is 0 Å². The molecule has 1 atom stereocenters. The van der Waals surface area contributed by atoms with Crippen molar-refractivity contribution in [2.45, 2.75) is 25.5 Å². The Morgan fingerprint density at radius 1 is 1.26 bits per heavy atom. The van der Waals surface area contributed by atoms with Crippen LogP contribution in [0.25, 0.3) is 0 Å². The van der Waals surface area contributed by atoms with Gasteiger partial charge in [-0.15, -0.1) is 0 Å². The first-order valence-corrected chi connectivity index (χ1v) is 7.95. The molecule has 1 aromatic heterocycles. The first-order chi connectivity index (χ1) is 11.3. The highest BCUT2D eigenvalue weighted by Gasteiger charge is 2.17. The van der Waals surface area contributed by atoms with Crippen LogP contribution in [0.1, 0.15) is 28.9 Å². The van der Waals surface area contributed by atoms with Gasteiger partial charge >= 0.3 is 0 Å². The van der Waals surface area contributed by atoms with Crippen LogP contribution in [0.15, 0.2) is 48.7 Å². The monoisotopic (exact) mass is 311 g/mol. The van der Waals surface area contributed by atoms with Gasteiger partial charge in [-0.1, -0.05) is 30.3 Å². The van der Waals surface area contributed by atoms with Crippen LogP contribution in [0.3, 0.4) is 0 Å². The summed E-state index contributed by atoms with van der Waals surface area (Å²) < 4.78 is 5.50. The molecule has 5 heteroatoms. The van der Waals surface area contributed by atoms with Crippen LogP contribution in [-0.2, 0) is 11.3 Å². The van der Waals surface area contributed by atoms with Crippen LogP contribution in [0.2, 0.25) is 0 Å². The Bertz CT molecular complexity index is 640. The number of carbonyl (C=O) groups excluding carboxylic acids is 1. The standard InChI is InChI=1S/C18H21N3O2/c22-18(21-13-16-7-4-10-23-16)17-11-15(8-9-19-17)20-12-14-5-2-1-3-6-14/h1-3,5-6,8-9,11,16H,4,7,10,12-13H2,(H,19,20)(H,21,22). The molecule has 1 unspecified atom stereocenters. The fraction of sp³-hybridized carbons (Fsp3) is 0.333. The van der Waals surface area contributed by atoms with E-state index >= 15 is 0 Å². The number of rotatable bonds is 6. The lowest BCUT2D eigenvalue weighted by Crippen LogP contribution is -2.32. The zero-order chi connectivity index (χ0) is 15.9. The molecule has 2 N–H and O–H groups in total. The van der Waals surface area contributed by atoms with Crippen molar-refractivity contribution >= 4 is 11.6 Å². The molecule has 0 spiro atoms. The third-order valence-electron chi connectivity index (χ3n) is 3.85. The Kier molecular flexibility index (Phi) is 5.21. The number of nitrogens with zero attached hydrogens (tertiary/aromatic N) is 1. The van der Waals surface area contributed by atoms with Gasteiger partial charge < -0.3 is 15.4 Å². The van der Waals surface area contributed by atoms with Gasteiger partial charge in [-0.3, -0.25) is 9.78 Å². The predicted molar refractivity (Wildman–Crippen MR) is 89.3 cm³/mol. The average molecular weight is 311 g/mol. The number of pyridine rings is 1. The number of benzene rings is 1. The Hall–Kier alpha value is -2.40. The van der Waals surface area contributed by atoms with Crippen molar-refractivity contribution in [1.29, 1.82) is 0 Å². The van der Waals surface area contributed by atoms with E-state index < -0.39 is 0 Å². The highest BCUT2D eigenvalue weighted by molar-refractivity contribution is 5.93. The van der Waals surface area contributed by atoms with E-state index in [-0.39, 0.29) is 12.0 Å². The minimum Gasteiger partial charge on any atom is -0.381 e. The molecule has 1 aliphatic rings. The molecule has 1 amide bonds. The van der Waals surface area contributed by atoms with Crippen LogP contribution in [0.4, 0.5) is 5.69 Å². The molecule has 2 aromatic rings. The third kappa shape index (κ3) is 4.53. The lowest BCUT2D eigenvalue weighted by Gasteiger charge is -2.11. The van der Waals surface area contributed by atoms with Gasteiger partial charge in [0, 0.05) is 31.6 Å². The van der Waals surface area contributed by atoms with Crippen molar-refractivity contribution in [3.05, 3.63) is 59.9 Å². The molecular weight excluding hydrogens is 290 g/mol. The number of amides is 1. The molecule has 0 saturated carbocycles. The highest BCUT2D eigenvalue weighted by Crippen LogP contribution is 2.12. The number of carbonyl (C=O) groups is 1. The van der Waals surface area contributed by atoms with E-state index in [9.17, 15) is 4.79 Å². The van der Waals surface area contributed by atoms with E-state index in [1.54, 1.807) is 12.3 Å². The smallest absolute Gasteiger partial charge is 0.270 e. The summed E-state index contributed by atoms with van der Waals surface area (Å²) in [7, 11) is 0. The number of hydrogen-bond donors (Lipinski definition) is 2. The molecule has 3 rings (SSSR count). The molecule has 1 saturated heterocycles. The van der Waals surface area contributed by atoms with Gasteiger partial charge in [-0.25, -0.2) is 0 Å². The molecule has 5 nitrogen and oxygen atoms in total. The highest BCUT2D eigenvalue weighted by atomic mass is 16.5. The van der Waals surface area contributed by atoms with Crippen LogP contribution in [0, 0.1) is 0 Å². The van der Waals surface area contributed by atoms with Gasteiger partial charge in [-0.2, -0.15) is 0 Å². The van der Waals surface area contributed by atoms with Crippen LogP contribution < -0.4 is 10.6 Å². The van der Waals surface area contributed by atoms with E-state index in [0.29, 0.717) is 18.8 Å². The molecule has 1 fully saturated rings. The van der Waals surface area contributed by atoms with Crippen molar-refractivity contribution in [2.75, 3.05) is 18.5 Å².